The quantitative estimate of drug-likeness (QED) is 0.451. The summed E-state index contributed by atoms with van der Waals surface area (Å²) in [6, 6.07) is 8.64. The first-order chi connectivity index (χ1) is 9.55. The Morgan fingerprint density at radius 1 is 1.33 bits per heavy atom. The minimum absolute atomic E-state index is 0. The molecule has 0 radical (unpaired) electrons. The van der Waals surface area contributed by atoms with E-state index in [1.165, 1.54) is 11.1 Å². The Morgan fingerprint density at radius 3 is 2.67 bits per heavy atom. The van der Waals surface area contributed by atoms with E-state index in [2.05, 4.69) is 53.7 Å². The van der Waals surface area contributed by atoms with Gasteiger partial charge in [-0.25, -0.2) is 0 Å². The van der Waals surface area contributed by atoms with Gasteiger partial charge in [0.2, 0.25) is 0 Å². The Hall–Kier alpha value is -0.820. The number of nitrogens with zero attached hydrogens (tertiary/aromatic N) is 1. The van der Waals surface area contributed by atoms with Crippen LogP contribution in [0.1, 0.15) is 30.9 Å². The number of fused-ring (bicyclic) bond motifs is 1. The highest BCUT2D eigenvalue weighted by atomic mass is 127. The van der Waals surface area contributed by atoms with Crippen LogP contribution in [0.25, 0.3) is 0 Å². The lowest BCUT2D eigenvalue weighted by Gasteiger charge is -2.31. The molecule has 2 N–H and O–H groups in total. The van der Waals surface area contributed by atoms with Gasteiger partial charge in [-0.05, 0) is 31.4 Å². The Morgan fingerprint density at radius 2 is 2.05 bits per heavy atom. The molecule has 1 unspecified atom stereocenters. The van der Waals surface area contributed by atoms with Gasteiger partial charge in [-0.3, -0.25) is 4.99 Å². The van der Waals surface area contributed by atoms with E-state index in [4.69, 9.17) is 4.74 Å². The third kappa shape index (κ3) is 4.85. The average molecular weight is 403 g/mol. The fourth-order valence-corrected chi connectivity index (χ4v) is 2.35. The largest absolute Gasteiger partial charge is 0.377 e. The number of ether oxygens (including phenoxy) is 1. The van der Waals surface area contributed by atoms with E-state index < -0.39 is 0 Å². The van der Waals surface area contributed by atoms with Gasteiger partial charge < -0.3 is 15.4 Å². The molecular formula is C16H26IN3O. The molecule has 1 aliphatic carbocycles. The molecular weight excluding hydrogens is 377 g/mol. The molecule has 1 atom stereocenters. The van der Waals surface area contributed by atoms with E-state index in [1.807, 2.05) is 0 Å². The summed E-state index contributed by atoms with van der Waals surface area (Å²) in [6.45, 7) is 5.75. The van der Waals surface area contributed by atoms with Crippen molar-refractivity contribution in [2.75, 3.05) is 27.2 Å². The molecule has 0 saturated heterocycles. The molecule has 21 heavy (non-hydrogen) atoms. The highest BCUT2D eigenvalue weighted by Crippen LogP contribution is 2.33. The molecule has 5 heteroatoms. The predicted molar refractivity (Wildman–Crippen MR) is 98.8 cm³/mol. The van der Waals surface area contributed by atoms with Crippen molar-refractivity contribution < 1.29 is 4.74 Å². The summed E-state index contributed by atoms with van der Waals surface area (Å²) in [5, 5.41) is 6.69. The van der Waals surface area contributed by atoms with E-state index in [0.717, 1.165) is 25.5 Å². The first-order valence-corrected chi connectivity index (χ1v) is 7.13. The van der Waals surface area contributed by atoms with Gasteiger partial charge in [-0.15, -0.1) is 24.0 Å². The highest BCUT2D eigenvalue weighted by Gasteiger charge is 2.25. The van der Waals surface area contributed by atoms with Crippen LogP contribution in [0.3, 0.4) is 0 Å². The zero-order valence-corrected chi connectivity index (χ0v) is 15.6. The molecule has 1 aromatic carbocycles. The van der Waals surface area contributed by atoms with Gasteiger partial charge in [-0.1, -0.05) is 24.3 Å². The summed E-state index contributed by atoms with van der Waals surface area (Å²) in [5.74, 6) is 1.43. The van der Waals surface area contributed by atoms with Crippen LogP contribution < -0.4 is 10.6 Å². The minimum Gasteiger partial charge on any atom is -0.377 e. The lowest BCUT2D eigenvalue weighted by molar-refractivity contribution is 0.0268. The molecule has 0 spiro atoms. The summed E-state index contributed by atoms with van der Waals surface area (Å²) < 4.78 is 5.39. The number of benzene rings is 1. The maximum Gasteiger partial charge on any atom is 0.191 e. The third-order valence-electron chi connectivity index (χ3n) is 3.93. The van der Waals surface area contributed by atoms with Crippen molar-refractivity contribution >= 4 is 29.9 Å². The standard InChI is InChI=1S/C16H25N3O.HI/c1-16(2,20-4)11-19-15(17-3)18-10-13-9-12-7-5-6-8-14(12)13;/h5-8,13H,9-11H2,1-4H3,(H2,17,18,19);1H. The van der Waals surface area contributed by atoms with Crippen LogP contribution >= 0.6 is 24.0 Å². The monoisotopic (exact) mass is 403 g/mol. The van der Waals surface area contributed by atoms with Gasteiger partial charge in [-0.2, -0.15) is 0 Å². The van der Waals surface area contributed by atoms with Crippen LogP contribution in [0.15, 0.2) is 29.3 Å². The molecule has 118 valence electrons. The van der Waals surface area contributed by atoms with Crippen LogP contribution in [0.4, 0.5) is 0 Å². The summed E-state index contributed by atoms with van der Waals surface area (Å²) in [4.78, 5) is 4.25. The van der Waals surface area contributed by atoms with Crippen molar-refractivity contribution in [1.82, 2.24) is 10.6 Å². The lowest BCUT2D eigenvalue weighted by atomic mass is 9.78. The molecule has 0 aromatic heterocycles. The zero-order chi connectivity index (χ0) is 14.6. The van der Waals surface area contributed by atoms with Gasteiger partial charge in [0.15, 0.2) is 5.96 Å². The van der Waals surface area contributed by atoms with Crippen molar-refractivity contribution in [3.05, 3.63) is 35.4 Å². The third-order valence-corrected chi connectivity index (χ3v) is 3.93. The van der Waals surface area contributed by atoms with E-state index >= 15 is 0 Å². The fourth-order valence-electron chi connectivity index (χ4n) is 2.35. The number of methoxy groups -OCH3 is 1. The summed E-state index contributed by atoms with van der Waals surface area (Å²) in [6.07, 6.45) is 1.16. The molecule has 0 saturated carbocycles. The second-order valence-electron chi connectivity index (χ2n) is 5.87. The highest BCUT2D eigenvalue weighted by molar-refractivity contribution is 14.0. The van der Waals surface area contributed by atoms with Gasteiger partial charge in [0.05, 0.1) is 5.60 Å². The van der Waals surface area contributed by atoms with Crippen LogP contribution in [0, 0.1) is 0 Å². The van der Waals surface area contributed by atoms with Crippen LogP contribution in [0.5, 0.6) is 0 Å². The zero-order valence-electron chi connectivity index (χ0n) is 13.3. The van der Waals surface area contributed by atoms with Crippen molar-refractivity contribution in [3.8, 4) is 0 Å². The summed E-state index contributed by atoms with van der Waals surface area (Å²) >= 11 is 0. The average Bonchev–Trinajstić information content (AvgIpc) is 2.43. The number of halogens is 1. The number of hydrogen-bond acceptors (Lipinski definition) is 2. The number of aliphatic imine (C=N–C) groups is 1. The van der Waals surface area contributed by atoms with Crippen LogP contribution in [0.2, 0.25) is 0 Å². The first-order valence-electron chi connectivity index (χ1n) is 7.13. The number of rotatable bonds is 5. The normalized spacial score (nSPS) is 17.3. The van der Waals surface area contributed by atoms with E-state index in [0.29, 0.717) is 5.92 Å². The Bertz CT molecular complexity index is 488. The first kappa shape index (κ1) is 18.2. The molecule has 0 aliphatic heterocycles. The molecule has 2 rings (SSSR count). The van der Waals surface area contributed by atoms with Gasteiger partial charge in [0.1, 0.15) is 0 Å². The molecule has 0 amide bonds. The van der Waals surface area contributed by atoms with E-state index in [-0.39, 0.29) is 29.6 Å². The Labute approximate surface area is 144 Å². The smallest absolute Gasteiger partial charge is 0.191 e. The molecule has 0 fully saturated rings. The van der Waals surface area contributed by atoms with E-state index in [9.17, 15) is 0 Å². The molecule has 1 aliphatic rings. The topological polar surface area (TPSA) is 45.7 Å². The van der Waals surface area contributed by atoms with Crippen molar-refractivity contribution in [3.63, 3.8) is 0 Å². The number of hydrogen-bond donors (Lipinski definition) is 2. The van der Waals surface area contributed by atoms with Crippen molar-refractivity contribution in [2.24, 2.45) is 4.99 Å². The Kier molecular flexibility index (Phi) is 6.93. The van der Waals surface area contributed by atoms with Crippen molar-refractivity contribution in [2.45, 2.75) is 31.8 Å². The molecule has 1 aromatic rings. The fraction of sp³-hybridized carbons (Fsp3) is 0.562. The molecule has 4 nitrogen and oxygen atoms in total. The predicted octanol–water partition coefficient (Wildman–Crippen LogP) is 2.53. The van der Waals surface area contributed by atoms with Gasteiger partial charge in [0.25, 0.3) is 0 Å². The lowest BCUT2D eigenvalue weighted by Crippen LogP contribution is -2.46. The number of nitrogens with one attached hydrogen (secondary N) is 2. The molecule has 0 bridgehead atoms. The van der Waals surface area contributed by atoms with Gasteiger partial charge >= 0.3 is 0 Å². The maximum absolute atomic E-state index is 5.39. The second-order valence-corrected chi connectivity index (χ2v) is 5.87. The van der Waals surface area contributed by atoms with Crippen LogP contribution in [-0.2, 0) is 11.2 Å². The maximum atomic E-state index is 5.39. The SMILES string of the molecule is CN=C(NCC1Cc2ccccc21)NCC(C)(C)OC.I. The van der Waals surface area contributed by atoms with Gasteiger partial charge in [0, 0.05) is 33.2 Å². The van der Waals surface area contributed by atoms with Crippen molar-refractivity contribution in [1.29, 1.82) is 0 Å². The summed E-state index contributed by atoms with van der Waals surface area (Å²) in [5.41, 5.74) is 2.75. The second kappa shape index (κ2) is 7.98. The number of guanidine groups is 1. The molecule has 0 heterocycles. The minimum atomic E-state index is -0.194. The van der Waals surface area contributed by atoms with E-state index in [1.54, 1.807) is 14.2 Å². The Balaban J connectivity index is 0.00000220. The summed E-state index contributed by atoms with van der Waals surface area (Å²) in [7, 11) is 3.52. The van der Waals surface area contributed by atoms with Crippen LogP contribution in [-0.4, -0.2) is 38.8 Å².